The number of ether oxygens (including phenoxy) is 1. The first-order valence-corrected chi connectivity index (χ1v) is 14.4. The Morgan fingerprint density at radius 2 is 1.79 bits per heavy atom. The number of carbonyl (C=O) groups is 1. The number of nitrogen functional groups attached to an aromatic ring is 1. The van der Waals surface area contributed by atoms with Crippen molar-refractivity contribution in [2.24, 2.45) is 0 Å². The van der Waals surface area contributed by atoms with Crippen LogP contribution in [0.1, 0.15) is 37.4 Å². The zero-order valence-corrected chi connectivity index (χ0v) is 22.7. The molecule has 0 amide bonds. The number of carbonyl (C=O) groups excluding carboxylic acids is 1. The molecular formula is C24H34N6O8P+. The normalized spacial score (nSPS) is 24.1. The molecule has 3 aromatic rings. The Hall–Kier alpha value is -2.97. The Balaban J connectivity index is 1.68. The van der Waals surface area contributed by atoms with Crippen molar-refractivity contribution in [2.45, 2.75) is 51.5 Å². The first-order valence-electron chi connectivity index (χ1n) is 12.6. The van der Waals surface area contributed by atoms with E-state index in [9.17, 15) is 34.7 Å². The average molecular weight is 566 g/mol. The number of quaternary nitrogens is 1. The summed E-state index contributed by atoms with van der Waals surface area (Å²) in [5.74, 6) is -1.38. The maximum absolute atomic E-state index is 13.2. The number of hydrogen-bond donors (Lipinski definition) is 6. The molecule has 4 rings (SSSR count). The molecule has 14 nitrogen and oxygen atoms in total. The molecule has 39 heavy (non-hydrogen) atoms. The van der Waals surface area contributed by atoms with Gasteiger partial charge in [0.1, 0.15) is 23.5 Å². The Kier molecular flexibility index (Phi) is 8.11. The number of imidazole rings is 1. The smallest absolute Gasteiger partial charge is 0.273 e. The van der Waals surface area contributed by atoms with Crippen LogP contribution in [0.2, 0.25) is 0 Å². The minimum absolute atomic E-state index is 0.0425. The number of hydrogen-bond acceptors (Lipinski definition) is 11. The highest BCUT2D eigenvalue weighted by Crippen LogP contribution is 2.41. The van der Waals surface area contributed by atoms with Gasteiger partial charge in [-0.05, 0) is 32.9 Å². The van der Waals surface area contributed by atoms with Crippen molar-refractivity contribution in [1.82, 2.24) is 19.5 Å². The van der Waals surface area contributed by atoms with Gasteiger partial charge in [-0.2, -0.15) is 0 Å². The fourth-order valence-electron chi connectivity index (χ4n) is 5.03. The van der Waals surface area contributed by atoms with E-state index >= 15 is 0 Å². The van der Waals surface area contributed by atoms with Crippen molar-refractivity contribution >= 4 is 35.7 Å². The van der Waals surface area contributed by atoms with E-state index in [-0.39, 0.29) is 32.8 Å². The number of para-hydroxylation sites is 1. The quantitative estimate of drug-likeness (QED) is 0.0809. The second-order valence-electron chi connectivity index (χ2n) is 9.59. The molecule has 1 aromatic carbocycles. The SMILES string of the molecule is CC[N+](CC)(CC)C(O)[C@H]1O[C@@H](n2cnc3c(N)nc(P(=O)(O)CC(=O)c4ccccc4O)nc32)C(O)C1O. The van der Waals surface area contributed by atoms with Crippen LogP contribution >= 0.6 is 7.37 Å². The van der Waals surface area contributed by atoms with Crippen LogP contribution in [0.25, 0.3) is 11.2 Å². The molecule has 7 N–H and O–H groups in total. The van der Waals surface area contributed by atoms with Gasteiger partial charge in [-0.1, -0.05) is 12.1 Å². The molecule has 0 saturated carbocycles. The van der Waals surface area contributed by atoms with E-state index in [4.69, 9.17) is 10.5 Å². The third-order valence-electron chi connectivity index (χ3n) is 7.61. The Morgan fingerprint density at radius 1 is 1.15 bits per heavy atom. The highest BCUT2D eigenvalue weighted by molar-refractivity contribution is 7.66. The number of phenols is 1. The highest BCUT2D eigenvalue weighted by Gasteiger charge is 2.53. The van der Waals surface area contributed by atoms with E-state index in [1.807, 2.05) is 20.8 Å². The van der Waals surface area contributed by atoms with Crippen LogP contribution in [0.15, 0.2) is 30.6 Å². The Morgan fingerprint density at radius 3 is 2.41 bits per heavy atom. The van der Waals surface area contributed by atoms with E-state index in [2.05, 4.69) is 15.0 Å². The third kappa shape index (κ3) is 5.05. The fraction of sp³-hybridized carbons (Fsp3) is 0.500. The van der Waals surface area contributed by atoms with Crippen LogP contribution in [0.4, 0.5) is 5.82 Å². The second kappa shape index (κ2) is 10.9. The number of likely N-dealkylation sites (N-methyl/N-ethyl adjacent to an activating group) is 1. The summed E-state index contributed by atoms with van der Waals surface area (Å²) in [5, 5.41) is 42.8. The summed E-state index contributed by atoms with van der Waals surface area (Å²) in [6.45, 7) is 7.42. The molecule has 3 heterocycles. The molecule has 0 spiro atoms. The summed E-state index contributed by atoms with van der Waals surface area (Å²) in [6, 6.07) is 5.62. The van der Waals surface area contributed by atoms with E-state index < -0.39 is 55.6 Å². The number of fused-ring (bicyclic) bond motifs is 1. The molecule has 6 atom stereocenters. The zero-order chi connectivity index (χ0) is 28.7. The molecule has 1 fully saturated rings. The number of aliphatic hydroxyl groups is 3. The maximum atomic E-state index is 13.2. The molecule has 15 heteroatoms. The molecule has 1 aliphatic rings. The number of anilines is 1. The monoisotopic (exact) mass is 565 g/mol. The molecule has 4 unspecified atom stereocenters. The number of aromatic hydroxyl groups is 1. The third-order valence-corrected chi connectivity index (χ3v) is 9.15. The van der Waals surface area contributed by atoms with Gasteiger partial charge in [0.05, 0.1) is 37.7 Å². The molecule has 0 bridgehead atoms. The number of Topliss-reactive ketones (excluding diaryl/α,β-unsaturated/α-hetero) is 1. The van der Waals surface area contributed by atoms with Crippen LogP contribution < -0.4 is 11.3 Å². The molecule has 212 valence electrons. The number of ketones is 1. The van der Waals surface area contributed by atoms with Gasteiger partial charge in [-0.3, -0.25) is 18.4 Å². The molecule has 1 aliphatic heterocycles. The van der Waals surface area contributed by atoms with Crippen molar-refractivity contribution < 1.29 is 43.9 Å². The van der Waals surface area contributed by atoms with Crippen LogP contribution in [-0.2, 0) is 9.30 Å². The van der Waals surface area contributed by atoms with E-state index in [1.54, 1.807) is 0 Å². The van der Waals surface area contributed by atoms with E-state index in [0.29, 0.717) is 19.6 Å². The molecule has 1 saturated heterocycles. The van der Waals surface area contributed by atoms with Crippen molar-refractivity contribution in [2.75, 3.05) is 31.5 Å². The summed E-state index contributed by atoms with van der Waals surface area (Å²) in [6.07, 6.45) is -6.19. The number of benzene rings is 1. The number of nitrogens with two attached hydrogens (primary N) is 1. The average Bonchev–Trinajstić information content (AvgIpc) is 3.46. The summed E-state index contributed by atoms with van der Waals surface area (Å²) in [7, 11) is -4.53. The number of nitrogens with zero attached hydrogens (tertiary/aromatic N) is 5. The summed E-state index contributed by atoms with van der Waals surface area (Å²) in [4.78, 5) is 35.6. The van der Waals surface area contributed by atoms with Crippen molar-refractivity contribution in [3.8, 4) is 5.75 Å². The second-order valence-corrected chi connectivity index (χ2v) is 11.7. The standard InChI is InChI=1S/C24H33N6O8P/c1-4-30(5-2,6-3)23(35)19-17(33)18(34)22(38-19)29-12-26-16-20(25)27-24(28-21(16)29)39(36,37)11-15(32)13-9-7-8-10-14(13)31/h7-10,12,17-19,22-23,33-35H,4-6,11H2,1-3H3,(H3-,25,27,28,31,32,36,37)/p+1/t17?,18?,19-,22+,23?/m0/s1. The molecule has 2 aromatic heterocycles. The Bertz CT molecular complexity index is 1400. The first kappa shape index (κ1) is 29.0. The van der Waals surface area contributed by atoms with Crippen LogP contribution in [0.3, 0.4) is 0 Å². The van der Waals surface area contributed by atoms with Crippen molar-refractivity contribution in [1.29, 1.82) is 0 Å². The number of rotatable bonds is 10. The number of phenolic OH excluding ortho intramolecular Hbond substituents is 1. The van der Waals surface area contributed by atoms with Gasteiger partial charge in [-0.15, -0.1) is 0 Å². The molecule has 0 radical (unpaired) electrons. The van der Waals surface area contributed by atoms with E-state index in [0.717, 1.165) is 0 Å². The van der Waals surface area contributed by atoms with Gasteiger partial charge in [0, 0.05) is 0 Å². The van der Waals surface area contributed by atoms with Gasteiger partial charge in [0.15, 0.2) is 29.6 Å². The largest absolute Gasteiger partial charge is 0.507 e. The van der Waals surface area contributed by atoms with Gasteiger partial charge in [0.25, 0.3) is 7.37 Å². The topological polar surface area (TPSA) is 214 Å². The lowest BCUT2D eigenvalue weighted by molar-refractivity contribution is -0.970. The lowest BCUT2D eigenvalue weighted by Crippen LogP contribution is -2.61. The first-order chi connectivity index (χ1) is 18.4. The van der Waals surface area contributed by atoms with Gasteiger partial charge in [0.2, 0.25) is 11.8 Å². The fourth-order valence-corrected chi connectivity index (χ4v) is 6.25. The Labute approximate surface area is 224 Å². The van der Waals surface area contributed by atoms with Crippen molar-refractivity contribution in [3.63, 3.8) is 0 Å². The van der Waals surface area contributed by atoms with E-state index in [1.165, 1.54) is 35.2 Å². The number of aromatic nitrogens is 4. The molecule has 0 aliphatic carbocycles. The summed E-state index contributed by atoms with van der Waals surface area (Å²) >= 11 is 0. The lowest BCUT2D eigenvalue weighted by Gasteiger charge is -2.42. The highest BCUT2D eigenvalue weighted by atomic mass is 31.2. The van der Waals surface area contributed by atoms with Gasteiger partial charge in [-0.25, -0.2) is 15.0 Å². The van der Waals surface area contributed by atoms with Crippen LogP contribution in [0, 0.1) is 0 Å². The summed E-state index contributed by atoms with van der Waals surface area (Å²) in [5.41, 5.74) is 5.21. The maximum Gasteiger partial charge on any atom is 0.273 e. The van der Waals surface area contributed by atoms with Gasteiger partial charge < -0.3 is 35.8 Å². The zero-order valence-electron chi connectivity index (χ0n) is 21.8. The predicted molar refractivity (Wildman–Crippen MR) is 140 cm³/mol. The minimum Gasteiger partial charge on any atom is -0.507 e. The van der Waals surface area contributed by atoms with Gasteiger partial charge >= 0.3 is 0 Å². The van der Waals surface area contributed by atoms with Crippen LogP contribution in [-0.4, -0.2) is 105 Å². The lowest BCUT2D eigenvalue weighted by atomic mass is 10.1. The summed E-state index contributed by atoms with van der Waals surface area (Å²) < 4.78 is 20.6. The minimum atomic E-state index is -4.53. The number of aliphatic hydroxyl groups excluding tert-OH is 3. The van der Waals surface area contributed by atoms with Crippen LogP contribution in [0.5, 0.6) is 5.75 Å². The molecular weight excluding hydrogens is 531 g/mol. The predicted octanol–water partition coefficient (Wildman–Crippen LogP) is -0.293. The van der Waals surface area contributed by atoms with Crippen molar-refractivity contribution in [3.05, 3.63) is 36.2 Å².